The molecule has 0 radical (unpaired) electrons. The van der Waals surface area contributed by atoms with Gasteiger partial charge in [0, 0.05) is 38.3 Å². The fourth-order valence-corrected chi connectivity index (χ4v) is 2.83. The molecule has 0 amide bonds. The van der Waals surface area contributed by atoms with Crippen molar-refractivity contribution in [2.24, 2.45) is 5.73 Å². The Morgan fingerprint density at radius 1 is 1.24 bits per heavy atom. The molecule has 0 unspecified atom stereocenters. The molecule has 3 rings (SSSR count). The molecule has 2 heterocycles. The minimum absolute atomic E-state index is 0.142. The van der Waals surface area contributed by atoms with E-state index in [9.17, 15) is 0 Å². The summed E-state index contributed by atoms with van der Waals surface area (Å²) in [7, 11) is 0. The normalized spacial score (nSPS) is 17.6. The third kappa shape index (κ3) is 3.36. The molecule has 5 nitrogen and oxygen atoms in total. The summed E-state index contributed by atoms with van der Waals surface area (Å²) in [5, 5.41) is 0. The second-order valence-electron chi connectivity index (χ2n) is 6.72. The highest BCUT2D eigenvalue weighted by Crippen LogP contribution is 2.23. The number of aromatic nitrogens is 1. The molecule has 0 atom stereocenters. The summed E-state index contributed by atoms with van der Waals surface area (Å²) in [5.41, 5.74) is 8.96. The second kappa shape index (κ2) is 5.31. The summed E-state index contributed by atoms with van der Waals surface area (Å²) < 4.78 is 5.87. The van der Waals surface area contributed by atoms with Gasteiger partial charge < -0.3 is 15.1 Å². The number of fused-ring (bicyclic) bond motifs is 1. The number of oxazole rings is 1. The van der Waals surface area contributed by atoms with Gasteiger partial charge >= 0.3 is 0 Å². The Hall–Kier alpha value is -1.59. The van der Waals surface area contributed by atoms with Crippen molar-refractivity contribution in [2.75, 3.05) is 37.6 Å². The van der Waals surface area contributed by atoms with Crippen LogP contribution in [0.25, 0.3) is 11.1 Å². The Kier molecular flexibility index (Phi) is 3.63. The number of benzene rings is 1. The molecule has 5 heteroatoms. The van der Waals surface area contributed by atoms with Crippen LogP contribution in [0.1, 0.15) is 19.4 Å². The standard InChI is InChI=1S/C16H24N4O/c1-12-4-5-14-13(10-12)18-15(21-14)20-8-6-19(7-9-20)11-16(2,3)17/h4-5,10H,6-9,11,17H2,1-3H3. The quantitative estimate of drug-likeness (QED) is 0.936. The molecular formula is C16H24N4O. The Morgan fingerprint density at radius 3 is 2.62 bits per heavy atom. The molecule has 1 aromatic heterocycles. The minimum Gasteiger partial charge on any atom is -0.423 e. The van der Waals surface area contributed by atoms with Crippen molar-refractivity contribution in [3.8, 4) is 0 Å². The minimum atomic E-state index is -0.142. The molecule has 0 spiro atoms. The molecule has 114 valence electrons. The Balaban J connectivity index is 1.68. The molecule has 1 aromatic carbocycles. The van der Waals surface area contributed by atoms with Crippen LogP contribution in [0.4, 0.5) is 6.01 Å². The third-order valence-corrected chi connectivity index (χ3v) is 3.81. The molecule has 2 aromatic rings. The van der Waals surface area contributed by atoms with E-state index in [-0.39, 0.29) is 5.54 Å². The summed E-state index contributed by atoms with van der Waals surface area (Å²) in [6.07, 6.45) is 0. The Bertz CT molecular complexity index is 621. The summed E-state index contributed by atoms with van der Waals surface area (Å²) in [6, 6.07) is 6.85. The topological polar surface area (TPSA) is 58.5 Å². The van der Waals surface area contributed by atoms with Crippen molar-refractivity contribution in [1.82, 2.24) is 9.88 Å². The fourth-order valence-electron chi connectivity index (χ4n) is 2.83. The van der Waals surface area contributed by atoms with E-state index in [0.29, 0.717) is 0 Å². The van der Waals surface area contributed by atoms with E-state index in [1.807, 2.05) is 6.07 Å². The van der Waals surface area contributed by atoms with Crippen LogP contribution in [0.3, 0.4) is 0 Å². The monoisotopic (exact) mass is 288 g/mol. The van der Waals surface area contributed by atoms with Crippen LogP contribution in [0.15, 0.2) is 22.6 Å². The predicted octanol–water partition coefficient (Wildman–Crippen LogP) is 2.00. The molecule has 1 saturated heterocycles. The average molecular weight is 288 g/mol. The van der Waals surface area contributed by atoms with Gasteiger partial charge in [0.15, 0.2) is 5.58 Å². The highest BCUT2D eigenvalue weighted by atomic mass is 16.4. The van der Waals surface area contributed by atoms with Gasteiger partial charge in [0.2, 0.25) is 0 Å². The molecule has 2 N–H and O–H groups in total. The maximum Gasteiger partial charge on any atom is 0.298 e. The first-order valence-corrected chi connectivity index (χ1v) is 7.54. The van der Waals surface area contributed by atoms with Crippen LogP contribution in [0, 0.1) is 6.92 Å². The van der Waals surface area contributed by atoms with Crippen LogP contribution < -0.4 is 10.6 Å². The van der Waals surface area contributed by atoms with Crippen molar-refractivity contribution in [3.05, 3.63) is 23.8 Å². The van der Waals surface area contributed by atoms with E-state index < -0.39 is 0 Å². The Labute approximate surface area is 125 Å². The van der Waals surface area contributed by atoms with Gasteiger partial charge in [0.1, 0.15) is 5.52 Å². The molecule has 21 heavy (non-hydrogen) atoms. The molecule has 0 bridgehead atoms. The van der Waals surface area contributed by atoms with Crippen LogP contribution >= 0.6 is 0 Å². The molecule has 1 aliphatic rings. The first-order valence-electron chi connectivity index (χ1n) is 7.54. The van der Waals surface area contributed by atoms with Crippen molar-refractivity contribution in [2.45, 2.75) is 26.3 Å². The number of hydrogen-bond acceptors (Lipinski definition) is 5. The Morgan fingerprint density at radius 2 is 1.95 bits per heavy atom. The lowest BCUT2D eigenvalue weighted by Crippen LogP contribution is -2.53. The third-order valence-electron chi connectivity index (χ3n) is 3.81. The van der Waals surface area contributed by atoms with Gasteiger partial charge in [-0.05, 0) is 38.5 Å². The maximum absolute atomic E-state index is 6.09. The van der Waals surface area contributed by atoms with Crippen LogP contribution in [0.2, 0.25) is 0 Å². The zero-order chi connectivity index (χ0) is 15.0. The average Bonchev–Trinajstić information content (AvgIpc) is 2.80. The fraction of sp³-hybridized carbons (Fsp3) is 0.562. The number of anilines is 1. The summed E-state index contributed by atoms with van der Waals surface area (Å²) >= 11 is 0. The largest absolute Gasteiger partial charge is 0.423 e. The van der Waals surface area contributed by atoms with Gasteiger partial charge in [0.25, 0.3) is 6.01 Å². The first-order chi connectivity index (χ1) is 9.90. The SMILES string of the molecule is Cc1ccc2oc(N3CCN(CC(C)(C)N)CC3)nc2c1. The van der Waals surface area contributed by atoms with E-state index in [1.54, 1.807) is 0 Å². The van der Waals surface area contributed by atoms with Gasteiger partial charge in [-0.2, -0.15) is 4.98 Å². The lowest BCUT2D eigenvalue weighted by atomic mass is 10.1. The zero-order valence-electron chi connectivity index (χ0n) is 13.1. The van der Waals surface area contributed by atoms with Crippen LogP contribution in [-0.4, -0.2) is 48.1 Å². The number of nitrogens with zero attached hydrogens (tertiary/aromatic N) is 3. The predicted molar refractivity (Wildman–Crippen MR) is 85.7 cm³/mol. The highest BCUT2D eigenvalue weighted by molar-refractivity contribution is 5.75. The summed E-state index contributed by atoms with van der Waals surface area (Å²) in [5.74, 6) is 0. The van der Waals surface area contributed by atoms with Crippen LogP contribution in [-0.2, 0) is 0 Å². The number of piperazine rings is 1. The van der Waals surface area contributed by atoms with Gasteiger partial charge in [0.05, 0.1) is 0 Å². The molecule has 1 aliphatic heterocycles. The van der Waals surface area contributed by atoms with Gasteiger partial charge in [-0.3, -0.25) is 4.90 Å². The van der Waals surface area contributed by atoms with Crippen LogP contribution in [0.5, 0.6) is 0 Å². The lowest BCUT2D eigenvalue weighted by Gasteiger charge is -2.37. The first kappa shape index (κ1) is 14.4. The summed E-state index contributed by atoms with van der Waals surface area (Å²) in [4.78, 5) is 9.24. The maximum atomic E-state index is 6.09. The number of rotatable bonds is 3. The van der Waals surface area contributed by atoms with Gasteiger partial charge in [-0.1, -0.05) is 6.07 Å². The molecule has 0 aliphatic carbocycles. The van der Waals surface area contributed by atoms with E-state index in [4.69, 9.17) is 10.2 Å². The van der Waals surface area contributed by atoms with Crippen molar-refractivity contribution in [1.29, 1.82) is 0 Å². The van der Waals surface area contributed by atoms with E-state index >= 15 is 0 Å². The number of aryl methyl sites for hydroxylation is 1. The van der Waals surface area contributed by atoms with Crippen molar-refractivity contribution < 1.29 is 4.42 Å². The zero-order valence-corrected chi connectivity index (χ0v) is 13.1. The molecule has 1 fully saturated rings. The van der Waals surface area contributed by atoms with Gasteiger partial charge in [-0.25, -0.2) is 0 Å². The smallest absolute Gasteiger partial charge is 0.298 e. The second-order valence-corrected chi connectivity index (χ2v) is 6.72. The molecule has 0 saturated carbocycles. The number of nitrogens with two attached hydrogens (primary N) is 1. The number of hydrogen-bond donors (Lipinski definition) is 1. The summed E-state index contributed by atoms with van der Waals surface area (Å²) in [6.45, 7) is 11.0. The van der Waals surface area contributed by atoms with E-state index in [0.717, 1.165) is 49.8 Å². The lowest BCUT2D eigenvalue weighted by molar-refractivity contribution is 0.211. The highest BCUT2D eigenvalue weighted by Gasteiger charge is 2.24. The van der Waals surface area contributed by atoms with Gasteiger partial charge in [-0.15, -0.1) is 0 Å². The van der Waals surface area contributed by atoms with E-state index in [2.05, 4.69) is 47.7 Å². The molecular weight excluding hydrogens is 264 g/mol. The van der Waals surface area contributed by atoms with Crippen molar-refractivity contribution >= 4 is 17.1 Å². The van der Waals surface area contributed by atoms with Crippen molar-refractivity contribution in [3.63, 3.8) is 0 Å². The van der Waals surface area contributed by atoms with E-state index in [1.165, 1.54) is 5.56 Å².